The van der Waals surface area contributed by atoms with Crippen LogP contribution in [0.3, 0.4) is 0 Å². The lowest BCUT2D eigenvalue weighted by molar-refractivity contribution is 0.669. The van der Waals surface area contributed by atoms with Crippen LogP contribution in [0.25, 0.3) is 76.9 Å². The average molecular weight is 998 g/mol. The molecule has 0 spiro atoms. The number of para-hydroxylation sites is 3. The summed E-state index contributed by atoms with van der Waals surface area (Å²) in [6.45, 7) is 0. The number of rotatable bonds is 12. The van der Waals surface area contributed by atoms with Gasteiger partial charge in [0.15, 0.2) is 0 Å². The van der Waals surface area contributed by atoms with Crippen molar-refractivity contribution >= 4 is 94.7 Å². The van der Waals surface area contributed by atoms with Gasteiger partial charge in [-0.2, -0.15) is 0 Å². The molecule has 0 aliphatic carbocycles. The van der Waals surface area contributed by atoms with Gasteiger partial charge in [0.1, 0.15) is 11.2 Å². The van der Waals surface area contributed by atoms with Crippen LogP contribution in [0.4, 0.5) is 51.2 Å². The van der Waals surface area contributed by atoms with Gasteiger partial charge in [-0.15, -0.1) is 0 Å². The molecule has 14 rings (SSSR count). The third-order valence-electron chi connectivity index (χ3n) is 15.0. The van der Waals surface area contributed by atoms with E-state index in [1.807, 2.05) is 12.1 Å². The first-order chi connectivity index (χ1) is 38.7. The Bertz CT molecular complexity index is 4260. The fourth-order valence-corrected chi connectivity index (χ4v) is 11.2. The van der Waals surface area contributed by atoms with Gasteiger partial charge < -0.3 is 19.1 Å². The Hall–Kier alpha value is -10.4. The number of anilines is 9. The maximum atomic E-state index is 6.26. The normalized spacial score (nSPS) is 11.3. The summed E-state index contributed by atoms with van der Waals surface area (Å²) in [5.74, 6) is 0. The van der Waals surface area contributed by atoms with E-state index in [0.717, 1.165) is 101 Å². The van der Waals surface area contributed by atoms with Crippen molar-refractivity contribution in [1.29, 1.82) is 0 Å². The summed E-state index contributed by atoms with van der Waals surface area (Å²) in [5.41, 5.74) is 17.9. The Balaban J connectivity index is 1.01. The average Bonchev–Trinajstić information content (AvgIpc) is 3.91. The van der Waals surface area contributed by atoms with Crippen molar-refractivity contribution in [3.8, 4) is 33.4 Å². The van der Waals surface area contributed by atoms with Crippen LogP contribution in [0.1, 0.15) is 0 Å². The molecule has 1 aromatic heterocycles. The molecule has 78 heavy (non-hydrogen) atoms. The third kappa shape index (κ3) is 8.67. The molecule has 0 saturated carbocycles. The minimum absolute atomic E-state index is 0.884. The van der Waals surface area contributed by atoms with E-state index in [2.05, 4.69) is 312 Å². The van der Waals surface area contributed by atoms with Crippen molar-refractivity contribution in [2.24, 2.45) is 0 Å². The van der Waals surface area contributed by atoms with E-state index in [1.165, 1.54) is 27.3 Å². The second kappa shape index (κ2) is 20.0. The van der Waals surface area contributed by atoms with E-state index < -0.39 is 0 Å². The van der Waals surface area contributed by atoms with Gasteiger partial charge in [-0.25, -0.2) is 0 Å². The molecule has 368 valence electrons. The van der Waals surface area contributed by atoms with Crippen LogP contribution < -0.4 is 14.7 Å². The lowest BCUT2D eigenvalue weighted by Gasteiger charge is -2.33. The predicted octanol–water partition coefficient (Wildman–Crippen LogP) is 21.3. The molecule has 4 nitrogen and oxygen atoms in total. The quantitative estimate of drug-likeness (QED) is 0.114. The van der Waals surface area contributed by atoms with Gasteiger partial charge in [0.25, 0.3) is 0 Å². The number of fused-ring (bicyclic) bond motifs is 6. The molecule has 1 heterocycles. The minimum atomic E-state index is 0.884. The zero-order valence-corrected chi connectivity index (χ0v) is 42.7. The topological polar surface area (TPSA) is 22.9 Å². The molecule has 0 N–H and O–H groups in total. The van der Waals surface area contributed by atoms with Gasteiger partial charge in [0.2, 0.25) is 0 Å². The lowest BCUT2D eigenvalue weighted by atomic mass is 9.98. The van der Waals surface area contributed by atoms with Crippen molar-refractivity contribution in [2.75, 3.05) is 14.7 Å². The maximum absolute atomic E-state index is 6.26. The van der Waals surface area contributed by atoms with E-state index in [0.29, 0.717) is 0 Å². The number of hydrogen-bond donors (Lipinski definition) is 0. The standard InChI is InChI=1S/C74H51N3O/c1-5-19-52(20-6-1)54-33-40-61(41-34-54)75(59-24-9-3-10-25-59)64-49-65(76(60-26-11-4-12-27-60)62-42-35-55(36-43-62)53-21-7-2-8-22-53)51-66(50-64)77(72-48-58-23-13-14-28-67(58)68-29-15-16-30-69(68)72)63-44-37-56(38-45-63)57-39-46-74-71(47-57)70-31-17-18-32-73(70)78-74/h1-51H. The zero-order valence-electron chi connectivity index (χ0n) is 42.7. The molecule has 0 saturated heterocycles. The monoisotopic (exact) mass is 997 g/mol. The summed E-state index contributed by atoms with van der Waals surface area (Å²) in [7, 11) is 0. The van der Waals surface area contributed by atoms with Gasteiger partial charge in [0, 0.05) is 44.6 Å². The highest BCUT2D eigenvalue weighted by Gasteiger charge is 2.24. The van der Waals surface area contributed by atoms with Crippen molar-refractivity contribution in [2.45, 2.75) is 0 Å². The first-order valence-electron chi connectivity index (χ1n) is 26.6. The summed E-state index contributed by atoms with van der Waals surface area (Å²) in [5, 5.41) is 6.95. The van der Waals surface area contributed by atoms with Gasteiger partial charge in [-0.05, 0) is 153 Å². The molecule has 13 aromatic carbocycles. The fraction of sp³-hybridized carbons (Fsp3) is 0. The highest BCUT2D eigenvalue weighted by atomic mass is 16.3. The molecule has 0 radical (unpaired) electrons. The number of benzene rings is 13. The number of furan rings is 1. The van der Waals surface area contributed by atoms with Crippen LogP contribution in [0, 0.1) is 0 Å². The summed E-state index contributed by atoms with van der Waals surface area (Å²) < 4.78 is 6.26. The minimum Gasteiger partial charge on any atom is -0.456 e. The largest absolute Gasteiger partial charge is 0.456 e. The van der Waals surface area contributed by atoms with E-state index in [-0.39, 0.29) is 0 Å². The van der Waals surface area contributed by atoms with Gasteiger partial charge in [-0.1, -0.05) is 206 Å². The smallest absolute Gasteiger partial charge is 0.135 e. The Labute approximate surface area is 454 Å². The third-order valence-corrected chi connectivity index (χ3v) is 15.0. The summed E-state index contributed by atoms with van der Waals surface area (Å²) in [6, 6.07) is 111. The fourth-order valence-electron chi connectivity index (χ4n) is 11.2. The van der Waals surface area contributed by atoms with E-state index in [9.17, 15) is 0 Å². The molecular weight excluding hydrogens is 947 g/mol. The van der Waals surface area contributed by atoms with Crippen molar-refractivity contribution < 1.29 is 4.42 Å². The number of hydrogen-bond acceptors (Lipinski definition) is 4. The summed E-state index contributed by atoms with van der Waals surface area (Å²) >= 11 is 0. The zero-order chi connectivity index (χ0) is 51.8. The first-order valence-corrected chi connectivity index (χ1v) is 26.6. The molecule has 0 atom stereocenters. The van der Waals surface area contributed by atoms with Crippen molar-refractivity contribution in [1.82, 2.24) is 0 Å². The van der Waals surface area contributed by atoms with E-state index >= 15 is 0 Å². The summed E-state index contributed by atoms with van der Waals surface area (Å²) in [4.78, 5) is 7.24. The molecule has 0 aliphatic heterocycles. The molecule has 0 fully saturated rings. The van der Waals surface area contributed by atoms with Crippen LogP contribution in [0.5, 0.6) is 0 Å². The number of nitrogens with zero attached hydrogens (tertiary/aromatic N) is 3. The molecule has 0 bridgehead atoms. The van der Waals surface area contributed by atoms with Gasteiger partial charge in [0.05, 0.1) is 22.7 Å². The molecule has 0 amide bonds. The van der Waals surface area contributed by atoms with Crippen LogP contribution in [-0.4, -0.2) is 0 Å². The first kappa shape index (κ1) is 46.1. The lowest BCUT2D eigenvalue weighted by Crippen LogP contribution is -2.16. The molecule has 0 aliphatic rings. The highest BCUT2D eigenvalue weighted by Crippen LogP contribution is 2.49. The van der Waals surface area contributed by atoms with Gasteiger partial charge >= 0.3 is 0 Å². The van der Waals surface area contributed by atoms with Crippen molar-refractivity contribution in [3.05, 3.63) is 309 Å². The Morgan fingerprint density at radius 2 is 0.551 bits per heavy atom. The van der Waals surface area contributed by atoms with E-state index in [4.69, 9.17) is 4.42 Å². The van der Waals surface area contributed by atoms with E-state index in [1.54, 1.807) is 0 Å². The molecule has 14 aromatic rings. The predicted molar refractivity (Wildman–Crippen MR) is 329 cm³/mol. The Morgan fingerprint density at radius 3 is 1.09 bits per heavy atom. The second-order valence-electron chi connectivity index (χ2n) is 19.7. The van der Waals surface area contributed by atoms with Crippen LogP contribution in [0.2, 0.25) is 0 Å². The van der Waals surface area contributed by atoms with Crippen LogP contribution in [0.15, 0.2) is 314 Å². The van der Waals surface area contributed by atoms with Gasteiger partial charge in [-0.3, -0.25) is 0 Å². The van der Waals surface area contributed by atoms with Crippen molar-refractivity contribution in [3.63, 3.8) is 0 Å². The maximum Gasteiger partial charge on any atom is 0.135 e. The Kier molecular flexibility index (Phi) is 11.8. The van der Waals surface area contributed by atoms with Crippen LogP contribution in [-0.2, 0) is 0 Å². The molecule has 0 unspecified atom stereocenters. The highest BCUT2D eigenvalue weighted by molar-refractivity contribution is 6.15. The second-order valence-corrected chi connectivity index (χ2v) is 19.7. The van der Waals surface area contributed by atoms with Crippen LogP contribution >= 0.6 is 0 Å². The SMILES string of the molecule is c1ccc(-c2ccc(N(c3ccccc3)c3cc(N(c4ccccc4)c4ccc(-c5ccccc5)cc4)cc(N(c4ccc(-c5ccc6oc7ccccc7c6c5)cc4)c4cc5ccccc5c5ccccc45)c3)cc2)cc1. The summed E-state index contributed by atoms with van der Waals surface area (Å²) in [6.07, 6.45) is 0. The Morgan fingerprint density at radius 1 is 0.192 bits per heavy atom. The molecule has 4 heteroatoms. The molecular formula is C74H51N3O.